The van der Waals surface area contributed by atoms with E-state index in [-0.39, 0.29) is 30.2 Å². The summed E-state index contributed by atoms with van der Waals surface area (Å²) in [5.41, 5.74) is 0.874. The zero-order chi connectivity index (χ0) is 14.0. The largest absolute Gasteiger partial charge is 0.303 e. The molecule has 0 saturated heterocycles. The summed E-state index contributed by atoms with van der Waals surface area (Å²) in [6.45, 7) is 3.94. The molecule has 19 heavy (non-hydrogen) atoms. The van der Waals surface area contributed by atoms with Gasteiger partial charge in [-0.1, -0.05) is 32.4 Å². The van der Waals surface area contributed by atoms with E-state index in [1.54, 1.807) is 24.3 Å². The molecule has 1 aromatic rings. The SMILES string of the molecule is CCC(C)C(CC=O)N1C(=O)c2ccccc2C1=O. The van der Waals surface area contributed by atoms with Crippen LogP contribution >= 0.6 is 0 Å². The monoisotopic (exact) mass is 259 g/mol. The number of rotatable bonds is 5. The van der Waals surface area contributed by atoms with Crippen molar-refractivity contribution in [2.75, 3.05) is 0 Å². The van der Waals surface area contributed by atoms with Crippen LogP contribution in [0.25, 0.3) is 0 Å². The van der Waals surface area contributed by atoms with Crippen molar-refractivity contribution in [2.45, 2.75) is 32.7 Å². The maximum atomic E-state index is 12.3. The Kier molecular flexibility index (Phi) is 3.79. The van der Waals surface area contributed by atoms with Gasteiger partial charge in [-0.25, -0.2) is 0 Å². The van der Waals surface area contributed by atoms with Gasteiger partial charge in [-0.15, -0.1) is 0 Å². The molecule has 1 heterocycles. The second-order valence-corrected chi connectivity index (χ2v) is 4.88. The lowest BCUT2D eigenvalue weighted by atomic mass is 9.95. The van der Waals surface area contributed by atoms with Crippen LogP contribution in [0.2, 0.25) is 0 Å². The summed E-state index contributed by atoms with van der Waals surface area (Å²) in [7, 11) is 0. The summed E-state index contributed by atoms with van der Waals surface area (Å²) in [5.74, 6) is -0.465. The van der Waals surface area contributed by atoms with E-state index in [0.717, 1.165) is 12.7 Å². The van der Waals surface area contributed by atoms with E-state index in [4.69, 9.17) is 0 Å². The number of benzene rings is 1. The van der Waals surface area contributed by atoms with Crippen LogP contribution in [0.3, 0.4) is 0 Å². The van der Waals surface area contributed by atoms with Crippen LogP contribution in [0.5, 0.6) is 0 Å². The molecular formula is C15H17NO3. The number of aldehydes is 1. The fraction of sp³-hybridized carbons (Fsp3) is 0.400. The number of hydrogen-bond donors (Lipinski definition) is 0. The Morgan fingerprint density at radius 3 is 2.11 bits per heavy atom. The molecule has 0 fully saturated rings. The first-order chi connectivity index (χ1) is 9.11. The molecule has 4 nitrogen and oxygen atoms in total. The van der Waals surface area contributed by atoms with Crippen molar-refractivity contribution < 1.29 is 14.4 Å². The Balaban J connectivity index is 2.39. The van der Waals surface area contributed by atoms with Crippen LogP contribution in [-0.2, 0) is 4.79 Å². The van der Waals surface area contributed by atoms with Gasteiger partial charge in [0.05, 0.1) is 11.1 Å². The van der Waals surface area contributed by atoms with Crippen molar-refractivity contribution in [2.24, 2.45) is 5.92 Å². The highest BCUT2D eigenvalue weighted by Gasteiger charge is 2.40. The summed E-state index contributed by atoms with van der Waals surface area (Å²) >= 11 is 0. The predicted molar refractivity (Wildman–Crippen MR) is 70.9 cm³/mol. The molecule has 2 rings (SSSR count). The first-order valence-corrected chi connectivity index (χ1v) is 6.52. The standard InChI is InChI=1S/C15H17NO3/c1-3-10(2)13(8-9-17)16-14(18)11-6-4-5-7-12(11)15(16)19/h4-7,9-10,13H,3,8H2,1-2H3. The first-order valence-electron chi connectivity index (χ1n) is 6.52. The lowest BCUT2D eigenvalue weighted by Gasteiger charge is -2.29. The zero-order valence-corrected chi connectivity index (χ0v) is 11.1. The Labute approximate surface area is 112 Å². The molecule has 0 saturated carbocycles. The average Bonchev–Trinajstić information content (AvgIpc) is 2.68. The van der Waals surface area contributed by atoms with Gasteiger partial charge in [0.25, 0.3) is 11.8 Å². The normalized spacial score (nSPS) is 17.3. The highest BCUT2D eigenvalue weighted by Crippen LogP contribution is 2.28. The van der Waals surface area contributed by atoms with Gasteiger partial charge in [0.2, 0.25) is 0 Å². The van der Waals surface area contributed by atoms with Gasteiger partial charge in [0, 0.05) is 12.5 Å². The van der Waals surface area contributed by atoms with Crippen molar-refractivity contribution in [3.63, 3.8) is 0 Å². The lowest BCUT2D eigenvalue weighted by molar-refractivity contribution is -0.108. The second-order valence-electron chi connectivity index (χ2n) is 4.88. The summed E-state index contributed by atoms with van der Waals surface area (Å²) in [6.07, 6.45) is 1.78. The van der Waals surface area contributed by atoms with E-state index in [1.165, 1.54) is 4.90 Å². The number of imide groups is 1. The zero-order valence-electron chi connectivity index (χ0n) is 11.1. The van der Waals surface area contributed by atoms with E-state index in [0.29, 0.717) is 11.1 Å². The van der Waals surface area contributed by atoms with Crippen molar-refractivity contribution in [3.05, 3.63) is 35.4 Å². The molecule has 0 bridgehead atoms. The molecule has 1 aliphatic heterocycles. The van der Waals surface area contributed by atoms with Crippen LogP contribution < -0.4 is 0 Å². The van der Waals surface area contributed by atoms with Crippen LogP contribution in [-0.4, -0.2) is 29.0 Å². The predicted octanol–water partition coefficient (Wildman–Crippen LogP) is 2.29. The molecule has 0 radical (unpaired) electrons. The highest BCUT2D eigenvalue weighted by atomic mass is 16.2. The lowest BCUT2D eigenvalue weighted by Crippen LogP contribution is -2.43. The Morgan fingerprint density at radius 1 is 1.16 bits per heavy atom. The van der Waals surface area contributed by atoms with E-state index in [9.17, 15) is 14.4 Å². The Morgan fingerprint density at radius 2 is 1.68 bits per heavy atom. The Hall–Kier alpha value is -1.97. The Bertz CT molecular complexity index is 489. The smallest absolute Gasteiger partial charge is 0.261 e. The van der Waals surface area contributed by atoms with Gasteiger partial charge < -0.3 is 4.79 Å². The summed E-state index contributed by atoms with van der Waals surface area (Å²) in [5, 5.41) is 0. The minimum absolute atomic E-state index is 0.104. The number of amides is 2. The number of carbonyl (C=O) groups excluding carboxylic acids is 3. The summed E-state index contributed by atoms with van der Waals surface area (Å²) < 4.78 is 0. The van der Waals surface area contributed by atoms with Gasteiger partial charge in [-0.3, -0.25) is 14.5 Å². The third-order valence-electron chi connectivity index (χ3n) is 3.80. The molecule has 0 aliphatic carbocycles. The van der Waals surface area contributed by atoms with Crippen LogP contribution in [0.15, 0.2) is 24.3 Å². The summed E-state index contributed by atoms with van der Waals surface area (Å²) in [6, 6.07) is 6.44. The van der Waals surface area contributed by atoms with E-state index in [2.05, 4.69) is 0 Å². The molecule has 0 aromatic heterocycles. The van der Waals surface area contributed by atoms with E-state index in [1.807, 2.05) is 13.8 Å². The van der Waals surface area contributed by atoms with Crippen molar-refractivity contribution in [1.82, 2.24) is 4.90 Å². The molecule has 0 spiro atoms. The molecule has 1 aliphatic rings. The molecule has 2 amide bonds. The minimum Gasteiger partial charge on any atom is -0.303 e. The maximum absolute atomic E-state index is 12.3. The third kappa shape index (κ3) is 2.18. The van der Waals surface area contributed by atoms with Gasteiger partial charge in [0.1, 0.15) is 6.29 Å². The molecule has 0 N–H and O–H groups in total. The minimum atomic E-state index is -0.352. The number of carbonyl (C=O) groups is 3. The maximum Gasteiger partial charge on any atom is 0.261 e. The second kappa shape index (κ2) is 5.34. The molecule has 4 heteroatoms. The molecule has 2 atom stereocenters. The topological polar surface area (TPSA) is 54.5 Å². The van der Waals surface area contributed by atoms with E-state index < -0.39 is 0 Å². The van der Waals surface area contributed by atoms with Crippen molar-refractivity contribution >= 4 is 18.1 Å². The van der Waals surface area contributed by atoms with Crippen LogP contribution in [0, 0.1) is 5.92 Å². The highest BCUT2D eigenvalue weighted by molar-refractivity contribution is 6.21. The van der Waals surface area contributed by atoms with Crippen molar-refractivity contribution in [1.29, 1.82) is 0 Å². The summed E-state index contributed by atoms with van der Waals surface area (Å²) in [4.78, 5) is 36.8. The van der Waals surface area contributed by atoms with Gasteiger partial charge in [-0.2, -0.15) is 0 Å². The number of nitrogens with zero attached hydrogens (tertiary/aromatic N) is 1. The molecule has 1 aromatic carbocycles. The molecule has 2 unspecified atom stereocenters. The van der Waals surface area contributed by atoms with Crippen LogP contribution in [0.4, 0.5) is 0 Å². The number of hydrogen-bond acceptors (Lipinski definition) is 3. The quantitative estimate of drug-likeness (QED) is 0.602. The van der Waals surface area contributed by atoms with Crippen LogP contribution in [0.1, 0.15) is 47.4 Å². The first kappa shape index (κ1) is 13.5. The van der Waals surface area contributed by atoms with Crippen molar-refractivity contribution in [3.8, 4) is 0 Å². The van der Waals surface area contributed by atoms with E-state index >= 15 is 0 Å². The number of fused-ring (bicyclic) bond motifs is 1. The fourth-order valence-electron chi connectivity index (χ4n) is 2.47. The van der Waals surface area contributed by atoms with Gasteiger partial charge in [-0.05, 0) is 18.1 Å². The molecular weight excluding hydrogens is 242 g/mol. The molecule has 100 valence electrons. The van der Waals surface area contributed by atoms with Gasteiger partial charge in [0.15, 0.2) is 0 Å². The van der Waals surface area contributed by atoms with Gasteiger partial charge >= 0.3 is 0 Å². The average molecular weight is 259 g/mol. The fourth-order valence-corrected chi connectivity index (χ4v) is 2.47. The third-order valence-corrected chi connectivity index (χ3v) is 3.80.